The van der Waals surface area contributed by atoms with Gasteiger partial charge in [-0.25, -0.2) is 15.8 Å². The van der Waals surface area contributed by atoms with Crippen LogP contribution < -0.4 is 16.6 Å². The molecule has 1 aliphatic rings. The van der Waals surface area contributed by atoms with E-state index in [4.69, 9.17) is 5.84 Å². The Labute approximate surface area is 102 Å². The van der Waals surface area contributed by atoms with E-state index in [1.54, 1.807) is 0 Å². The van der Waals surface area contributed by atoms with Crippen molar-refractivity contribution in [1.82, 2.24) is 9.97 Å². The van der Waals surface area contributed by atoms with Crippen LogP contribution in [0.3, 0.4) is 0 Å². The summed E-state index contributed by atoms with van der Waals surface area (Å²) in [5.41, 5.74) is 3.82. The fraction of sp³-hybridized carbons (Fsp3) is 0.667. The molecule has 5 heteroatoms. The minimum absolute atomic E-state index is 0.190. The van der Waals surface area contributed by atoms with Gasteiger partial charge in [0.1, 0.15) is 17.5 Å². The highest BCUT2D eigenvalue weighted by Gasteiger charge is 2.32. The Morgan fingerprint density at radius 2 is 1.94 bits per heavy atom. The van der Waals surface area contributed by atoms with Crippen molar-refractivity contribution in [2.45, 2.75) is 52.0 Å². The first-order valence-electron chi connectivity index (χ1n) is 6.20. The predicted octanol–water partition coefficient (Wildman–Crippen LogP) is 1.99. The third kappa shape index (κ3) is 2.34. The van der Waals surface area contributed by atoms with E-state index >= 15 is 0 Å². The molecule has 0 bridgehead atoms. The van der Waals surface area contributed by atoms with Gasteiger partial charge in [0.15, 0.2) is 0 Å². The molecule has 0 atom stereocenters. The second-order valence-electron chi connectivity index (χ2n) is 5.00. The van der Waals surface area contributed by atoms with Gasteiger partial charge in [-0.05, 0) is 33.1 Å². The van der Waals surface area contributed by atoms with Crippen molar-refractivity contribution < 1.29 is 0 Å². The average Bonchev–Trinajstić information content (AvgIpc) is 2.29. The molecule has 1 fully saturated rings. The van der Waals surface area contributed by atoms with E-state index in [-0.39, 0.29) is 5.54 Å². The molecule has 1 aromatic heterocycles. The van der Waals surface area contributed by atoms with E-state index in [0.29, 0.717) is 5.82 Å². The van der Waals surface area contributed by atoms with Crippen LogP contribution in [0, 0.1) is 6.92 Å². The van der Waals surface area contributed by atoms with Gasteiger partial charge in [0.25, 0.3) is 0 Å². The Kier molecular flexibility index (Phi) is 3.19. The Hall–Kier alpha value is -1.36. The van der Waals surface area contributed by atoms with Gasteiger partial charge < -0.3 is 10.7 Å². The van der Waals surface area contributed by atoms with Crippen molar-refractivity contribution in [3.05, 3.63) is 11.4 Å². The lowest BCUT2D eigenvalue weighted by Gasteiger charge is -2.40. The van der Waals surface area contributed by atoms with Crippen LogP contribution in [0.2, 0.25) is 0 Å². The number of nitrogens with one attached hydrogen (secondary N) is 2. The zero-order chi connectivity index (χ0) is 12.5. The molecule has 0 amide bonds. The summed E-state index contributed by atoms with van der Waals surface area (Å²) < 4.78 is 0. The maximum absolute atomic E-state index is 5.49. The summed E-state index contributed by atoms with van der Waals surface area (Å²) in [5.74, 6) is 7.92. The van der Waals surface area contributed by atoms with E-state index in [9.17, 15) is 0 Å². The summed E-state index contributed by atoms with van der Waals surface area (Å²) in [7, 11) is 0. The zero-order valence-corrected chi connectivity index (χ0v) is 10.8. The first kappa shape index (κ1) is 12.1. The van der Waals surface area contributed by atoms with E-state index in [2.05, 4.69) is 27.6 Å². The molecule has 0 radical (unpaired) electrons. The van der Waals surface area contributed by atoms with Gasteiger partial charge in [-0.1, -0.05) is 6.92 Å². The fourth-order valence-corrected chi connectivity index (χ4v) is 2.10. The van der Waals surface area contributed by atoms with Gasteiger partial charge in [-0.3, -0.25) is 0 Å². The summed E-state index contributed by atoms with van der Waals surface area (Å²) in [6, 6.07) is 0. The van der Waals surface area contributed by atoms with Crippen LogP contribution in [-0.4, -0.2) is 15.5 Å². The van der Waals surface area contributed by atoms with Crippen LogP contribution in [0.5, 0.6) is 0 Å². The summed E-state index contributed by atoms with van der Waals surface area (Å²) in [6.45, 7) is 6.26. The van der Waals surface area contributed by atoms with E-state index < -0.39 is 0 Å². The van der Waals surface area contributed by atoms with Gasteiger partial charge in [0.2, 0.25) is 0 Å². The minimum atomic E-state index is 0.190. The first-order valence-corrected chi connectivity index (χ1v) is 6.20. The molecule has 94 valence electrons. The number of aromatic nitrogens is 2. The fourth-order valence-electron chi connectivity index (χ4n) is 2.10. The van der Waals surface area contributed by atoms with Crippen molar-refractivity contribution in [3.8, 4) is 0 Å². The Balaban J connectivity index is 2.31. The quantitative estimate of drug-likeness (QED) is 0.549. The summed E-state index contributed by atoms with van der Waals surface area (Å²) in [5, 5.41) is 3.53. The molecule has 0 aromatic carbocycles. The highest BCUT2D eigenvalue weighted by Crippen LogP contribution is 2.35. The average molecular weight is 235 g/mol. The van der Waals surface area contributed by atoms with Crippen molar-refractivity contribution in [1.29, 1.82) is 0 Å². The van der Waals surface area contributed by atoms with Gasteiger partial charge in [0, 0.05) is 17.5 Å². The van der Waals surface area contributed by atoms with Crippen molar-refractivity contribution in [3.63, 3.8) is 0 Å². The molecule has 17 heavy (non-hydrogen) atoms. The predicted molar refractivity (Wildman–Crippen MR) is 69.8 cm³/mol. The highest BCUT2D eigenvalue weighted by atomic mass is 15.3. The molecule has 1 aromatic rings. The van der Waals surface area contributed by atoms with E-state index in [0.717, 1.165) is 23.6 Å². The summed E-state index contributed by atoms with van der Waals surface area (Å²) in [6.07, 6.45) is 4.49. The second kappa shape index (κ2) is 4.49. The molecular formula is C12H21N5. The summed E-state index contributed by atoms with van der Waals surface area (Å²) >= 11 is 0. The number of hydrogen-bond donors (Lipinski definition) is 3. The number of hydrazine groups is 1. The van der Waals surface area contributed by atoms with Crippen molar-refractivity contribution in [2.75, 3.05) is 10.7 Å². The van der Waals surface area contributed by atoms with E-state index in [1.807, 2.05) is 13.8 Å². The number of rotatable bonds is 4. The number of hydrogen-bond acceptors (Lipinski definition) is 5. The van der Waals surface area contributed by atoms with Crippen LogP contribution in [-0.2, 0) is 6.42 Å². The second-order valence-corrected chi connectivity index (χ2v) is 5.00. The summed E-state index contributed by atoms with van der Waals surface area (Å²) in [4.78, 5) is 8.91. The zero-order valence-electron chi connectivity index (χ0n) is 10.8. The number of nitrogen functional groups attached to an aromatic ring is 1. The molecule has 1 heterocycles. The SMILES string of the molecule is CCc1nc(NN)c(C)c(NC2(C)CCC2)n1. The van der Waals surface area contributed by atoms with Crippen molar-refractivity contribution in [2.24, 2.45) is 5.84 Å². The monoisotopic (exact) mass is 235 g/mol. The van der Waals surface area contributed by atoms with Gasteiger partial charge in [0.05, 0.1) is 0 Å². The minimum Gasteiger partial charge on any atom is -0.365 e. The molecule has 2 rings (SSSR count). The standard InChI is InChI=1S/C12H21N5/c1-4-9-14-10(8(2)11(15-9)17-13)16-12(3)6-5-7-12/h4-7,13H2,1-3H3,(H2,14,15,16,17). The molecule has 1 saturated carbocycles. The first-order chi connectivity index (χ1) is 8.08. The molecule has 0 spiro atoms. The Morgan fingerprint density at radius 1 is 1.29 bits per heavy atom. The third-order valence-corrected chi connectivity index (χ3v) is 3.52. The van der Waals surface area contributed by atoms with Crippen LogP contribution in [0.25, 0.3) is 0 Å². The lowest BCUT2D eigenvalue weighted by molar-refractivity contribution is 0.305. The molecule has 1 aliphatic carbocycles. The maximum atomic E-state index is 5.49. The molecular weight excluding hydrogens is 214 g/mol. The molecule has 5 nitrogen and oxygen atoms in total. The lowest BCUT2D eigenvalue weighted by atomic mass is 9.78. The Bertz CT molecular complexity index is 412. The van der Waals surface area contributed by atoms with Crippen LogP contribution in [0.1, 0.15) is 44.5 Å². The normalized spacial score (nSPS) is 17.4. The number of nitrogens with zero attached hydrogens (tertiary/aromatic N) is 2. The van der Waals surface area contributed by atoms with E-state index in [1.165, 1.54) is 19.3 Å². The van der Waals surface area contributed by atoms with Crippen LogP contribution >= 0.6 is 0 Å². The Morgan fingerprint density at radius 3 is 2.41 bits per heavy atom. The number of anilines is 2. The molecule has 0 unspecified atom stereocenters. The highest BCUT2D eigenvalue weighted by molar-refractivity contribution is 5.57. The number of aryl methyl sites for hydroxylation is 1. The molecule has 0 saturated heterocycles. The molecule has 4 N–H and O–H groups in total. The van der Waals surface area contributed by atoms with Gasteiger partial charge >= 0.3 is 0 Å². The third-order valence-electron chi connectivity index (χ3n) is 3.52. The van der Waals surface area contributed by atoms with Gasteiger partial charge in [-0.2, -0.15) is 0 Å². The maximum Gasteiger partial charge on any atom is 0.148 e. The number of nitrogens with two attached hydrogens (primary N) is 1. The van der Waals surface area contributed by atoms with Gasteiger partial charge in [-0.15, -0.1) is 0 Å². The van der Waals surface area contributed by atoms with Crippen molar-refractivity contribution >= 4 is 11.6 Å². The smallest absolute Gasteiger partial charge is 0.148 e. The lowest BCUT2D eigenvalue weighted by Crippen LogP contribution is -2.42. The topological polar surface area (TPSA) is 75.9 Å². The van der Waals surface area contributed by atoms with Crippen LogP contribution in [0.4, 0.5) is 11.6 Å². The molecule has 0 aliphatic heterocycles. The van der Waals surface area contributed by atoms with Crippen LogP contribution in [0.15, 0.2) is 0 Å². The largest absolute Gasteiger partial charge is 0.365 e.